The first-order chi connectivity index (χ1) is 10.2. The Hall–Kier alpha value is -1.71. The van der Waals surface area contributed by atoms with Crippen molar-refractivity contribution in [2.75, 3.05) is 31.1 Å². The molecule has 0 bridgehead atoms. The molecule has 110 valence electrons. The molecule has 0 amide bonds. The van der Waals surface area contributed by atoms with Crippen molar-refractivity contribution in [3.8, 4) is 5.75 Å². The van der Waals surface area contributed by atoms with Gasteiger partial charge in [0.25, 0.3) is 0 Å². The molecule has 2 aromatic rings. The number of benzene rings is 2. The van der Waals surface area contributed by atoms with Crippen molar-refractivity contribution < 1.29 is 10.0 Å². The maximum Gasteiger partial charge on any atom is 0.138 e. The Morgan fingerprint density at radius 2 is 1.67 bits per heavy atom. The molecule has 0 unspecified atom stereocenters. The topological polar surface area (TPSA) is 27.9 Å². The van der Waals surface area contributed by atoms with Crippen LogP contribution < -0.4 is 9.80 Å². The van der Waals surface area contributed by atoms with E-state index in [9.17, 15) is 5.11 Å². The number of phenolic OH excluding ortho intramolecular Hbond substituents is 1. The molecule has 0 spiro atoms. The van der Waals surface area contributed by atoms with E-state index >= 15 is 0 Å². The van der Waals surface area contributed by atoms with Crippen LogP contribution in [-0.4, -0.2) is 31.3 Å². The quantitative estimate of drug-likeness (QED) is 0.907. The van der Waals surface area contributed by atoms with E-state index in [1.807, 2.05) is 36.4 Å². The van der Waals surface area contributed by atoms with Gasteiger partial charge in [0.05, 0.1) is 31.9 Å². The maximum absolute atomic E-state index is 9.93. The molecule has 0 radical (unpaired) electrons. The number of rotatable bonds is 3. The van der Waals surface area contributed by atoms with E-state index in [4.69, 9.17) is 11.6 Å². The third kappa shape index (κ3) is 3.31. The number of aromatic hydroxyl groups is 1. The van der Waals surface area contributed by atoms with Crippen LogP contribution in [-0.2, 0) is 6.54 Å². The minimum absolute atomic E-state index is 0.368. The van der Waals surface area contributed by atoms with Gasteiger partial charge in [-0.15, -0.1) is 0 Å². The molecule has 1 heterocycles. The predicted molar refractivity (Wildman–Crippen MR) is 86.2 cm³/mol. The maximum atomic E-state index is 9.93. The number of phenols is 1. The Morgan fingerprint density at radius 1 is 1.00 bits per heavy atom. The van der Waals surface area contributed by atoms with E-state index in [2.05, 4.69) is 11.0 Å². The third-order valence-corrected chi connectivity index (χ3v) is 4.46. The van der Waals surface area contributed by atoms with Crippen molar-refractivity contribution in [3.63, 3.8) is 0 Å². The van der Waals surface area contributed by atoms with E-state index in [0.717, 1.165) is 43.4 Å². The van der Waals surface area contributed by atoms with E-state index < -0.39 is 0 Å². The number of hydrogen-bond donors (Lipinski definition) is 2. The van der Waals surface area contributed by atoms with Crippen LogP contribution in [0.5, 0.6) is 5.75 Å². The van der Waals surface area contributed by atoms with Crippen LogP contribution >= 0.6 is 11.6 Å². The summed E-state index contributed by atoms with van der Waals surface area (Å²) in [5.41, 5.74) is 2.15. The van der Waals surface area contributed by atoms with Gasteiger partial charge in [0.1, 0.15) is 12.3 Å². The zero-order valence-electron chi connectivity index (χ0n) is 11.9. The summed E-state index contributed by atoms with van der Waals surface area (Å²) in [6.45, 7) is 4.99. The summed E-state index contributed by atoms with van der Waals surface area (Å²) in [5.74, 6) is 0.368. The Morgan fingerprint density at radius 3 is 2.38 bits per heavy atom. The SMILES string of the molecule is Oc1ccccc1N1CC[NH+](Cc2ccccc2Cl)CC1. The molecule has 1 aliphatic rings. The van der Waals surface area contributed by atoms with Gasteiger partial charge >= 0.3 is 0 Å². The summed E-state index contributed by atoms with van der Waals surface area (Å²) in [6.07, 6.45) is 0. The lowest BCUT2D eigenvalue weighted by Crippen LogP contribution is -3.13. The third-order valence-electron chi connectivity index (χ3n) is 4.09. The van der Waals surface area contributed by atoms with Gasteiger partial charge in [-0.2, -0.15) is 0 Å². The summed E-state index contributed by atoms with van der Waals surface area (Å²) < 4.78 is 0. The van der Waals surface area contributed by atoms with Crippen LogP contribution in [0.25, 0.3) is 0 Å². The van der Waals surface area contributed by atoms with Crippen LogP contribution in [0.3, 0.4) is 0 Å². The number of halogens is 1. The van der Waals surface area contributed by atoms with Crippen molar-refractivity contribution in [3.05, 3.63) is 59.1 Å². The highest BCUT2D eigenvalue weighted by molar-refractivity contribution is 6.31. The zero-order chi connectivity index (χ0) is 14.7. The molecule has 4 heteroatoms. The van der Waals surface area contributed by atoms with Crippen molar-refractivity contribution in [2.24, 2.45) is 0 Å². The lowest BCUT2D eigenvalue weighted by atomic mass is 10.2. The standard InChI is InChI=1S/C17H19ClN2O/c18-15-6-2-1-5-14(15)13-19-9-11-20(12-10-19)16-7-3-4-8-17(16)21/h1-8,21H,9-13H2/p+1. The van der Waals surface area contributed by atoms with Crippen LogP contribution in [0.4, 0.5) is 5.69 Å². The van der Waals surface area contributed by atoms with E-state index in [1.54, 1.807) is 6.07 Å². The summed E-state index contributed by atoms with van der Waals surface area (Å²) in [6, 6.07) is 15.6. The summed E-state index contributed by atoms with van der Waals surface area (Å²) in [5, 5.41) is 10.8. The average molecular weight is 304 g/mol. The Kier molecular flexibility index (Phi) is 4.32. The smallest absolute Gasteiger partial charge is 0.138 e. The Labute approximate surface area is 130 Å². The predicted octanol–water partition coefficient (Wildman–Crippen LogP) is 1.95. The molecule has 3 rings (SSSR count). The lowest BCUT2D eigenvalue weighted by molar-refractivity contribution is -0.914. The van der Waals surface area contributed by atoms with Gasteiger partial charge in [0.2, 0.25) is 0 Å². The van der Waals surface area contributed by atoms with Crippen molar-refractivity contribution in [1.29, 1.82) is 0 Å². The van der Waals surface area contributed by atoms with Gasteiger partial charge in [-0.3, -0.25) is 0 Å². The van der Waals surface area contributed by atoms with E-state index in [-0.39, 0.29) is 0 Å². The second-order valence-corrected chi connectivity index (χ2v) is 5.90. The van der Waals surface area contributed by atoms with Gasteiger partial charge in [0.15, 0.2) is 0 Å². The monoisotopic (exact) mass is 303 g/mol. The molecule has 1 saturated heterocycles. The van der Waals surface area contributed by atoms with Crippen LogP contribution in [0.1, 0.15) is 5.56 Å². The molecule has 1 aliphatic heterocycles. The van der Waals surface area contributed by atoms with E-state index in [1.165, 1.54) is 10.5 Å². The number of nitrogens with zero attached hydrogens (tertiary/aromatic N) is 1. The van der Waals surface area contributed by atoms with Crippen LogP contribution in [0.15, 0.2) is 48.5 Å². The average Bonchev–Trinajstić information content (AvgIpc) is 2.51. The highest BCUT2D eigenvalue weighted by Gasteiger charge is 2.22. The first-order valence-electron chi connectivity index (χ1n) is 7.34. The van der Waals surface area contributed by atoms with Crippen molar-refractivity contribution in [1.82, 2.24) is 0 Å². The van der Waals surface area contributed by atoms with Crippen molar-refractivity contribution >= 4 is 17.3 Å². The molecule has 0 aromatic heterocycles. The molecule has 0 saturated carbocycles. The molecular weight excluding hydrogens is 284 g/mol. The van der Waals surface area contributed by atoms with Gasteiger partial charge in [-0.05, 0) is 18.2 Å². The number of nitrogens with one attached hydrogen (secondary N) is 1. The molecule has 3 nitrogen and oxygen atoms in total. The summed E-state index contributed by atoms with van der Waals surface area (Å²) in [4.78, 5) is 3.79. The van der Waals surface area contributed by atoms with E-state index in [0.29, 0.717) is 5.75 Å². The highest BCUT2D eigenvalue weighted by Crippen LogP contribution is 2.26. The fourth-order valence-electron chi connectivity index (χ4n) is 2.88. The fourth-order valence-corrected chi connectivity index (χ4v) is 3.09. The molecule has 1 fully saturated rings. The van der Waals surface area contributed by atoms with Gasteiger partial charge in [-0.1, -0.05) is 41.9 Å². The second kappa shape index (κ2) is 6.37. The number of anilines is 1. The van der Waals surface area contributed by atoms with Gasteiger partial charge < -0.3 is 14.9 Å². The summed E-state index contributed by atoms with van der Waals surface area (Å²) in [7, 11) is 0. The molecule has 2 N–H and O–H groups in total. The highest BCUT2D eigenvalue weighted by atomic mass is 35.5. The number of para-hydroxylation sites is 2. The molecule has 2 aromatic carbocycles. The van der Waals surface area contributed by atoms with Gasteiger partial charge in [0, 0.05) is 10.6 Å². The van der Waals surface area contributed by atoms with Gasteiger partial charge in [-0.25, -0.2) is 0 Å². The fraction of sp³-hybridized carbons (Fsp3) is 0.294. The summed E-state index contributed by atoms with van der Waals surface area (Å²) >= 11 is 6.23. The number of piperazine rings is 1. The lowest BCUT2D eigenvalue weighted by Gasteiger charge is -2.34. The Balaban J connectivity index is 1.61. The molecule has 0 aliphatic carbocycles. The van der Waals surface area contributed by atoms with Crippen molar-refractivity contribution in [2.45, 2.75) is 6.54 Å². The minimum atomic E-state index is 0.368. The number of hydrogen-bond acceptors (Lipinski definition) is 2. The Bertz CT molecular complexity index is 609. The minimum Gasteiger partial charge on any atom is -0.506 e. The van der Waals surface area contributed by atoms with Crippen LogP contribution in [0.2, 0.25) is 5.02 Å². The second-order valence-electron chi connectivity index (χ2n) is 5.49. The normalized spacial score (nSPS) is 16.1. The first-order valence-corrected chi connectivity index (χ1v) is 7.72. The molecule has 0 atom stereocenters. The molecule has 21 heavy (non-hydrogen) atoms. The largest absolute Gasteiger partial charge is 0.506 e. The number of quaternary nitrogens is 1. The van der Waals surface area contributed by atoms with Crippen LogP contribution in [0, 0.1) is 0 Å². The first kappa shape index (κ1) is 14.2. The zero-order valence-corrected chi connectivity index (χ0v) is 12.7. The molecular formula is C17H20ClN2O+.